The van der Waals surface area contributed by atoms with E-state index in [4.69, 9.17) is 0 Å². The van der Waals surface area contributed by atoms with Crippen LogP contribution >= 0.6 is 0 Å². The first-order chi connectivity index (χ1) is 9.75. The largest absolute Gasteiger partial charge is 0.354 e. The Hall–Kier alpha value is -1.84. The maximum Gasteiger partial charge on any atom is 0.223 e. The SMILES string of the molecule is CCC(=O)NCCN(C(C)=O)c1ccc(C(C)(C)C)cc1. The number of amides is 2. The minimum absolute atomic E-state index is 0.00147. The Kier molecular flexibility index (Phi) is 5.94. The summed E-state index contributed by atoms with van der Waals surface area (Å²) in [5, 5.41) is 2.79. The number of benzene rings is 1. The summed E-state index contributed by atoms with van der Waals surface area (Å²) in [4.78, 5) is 24.7. The molecule has 1 aromatic carbocycles. The second-order valence-corrected chi connectivity index (χ2v) is 6.17. The van der Waals surface area contributed by atoms with Crippen LogP contribution < -0.4 is 10.2 Å². The summed E-state index contributed by atoms with van der Waals surface area (Å²) in [6, 6.07) is 8.03. The fourth-order valence-electron chi connectivity index (χ4n) is 2.04. The Labute approximate surface area is 127 Å². The average molecular weight is 290 g/mol. The number of nitrogens with zero attached hydrogens (tertiary/aromatic N) is 1. The van der Waals surface area contributed by atoms with Crippen molar-refractivity contribution in [2.45, 2.75) is 46.5 Å². The van der Waals surface area contributed by atoms with Crippen LogP contribution in [0.15, 0.2) is 24.3 Å². The van der Waals surface area contributed by atoms with E-state index in [0.717, 1.165) is 5.69 Å². The molecule has 4 heteroatoms. The lowest BCUT2D eigenvalue weighted by molar-refractivity contribution is -0.121. The van der Waals surface area contributed by atoms with Gasteiger partial charge in [-0.1, -0.05) is 39.8 Å². The van der Waals surface area contributed by atoms with E-state index in [1.807, 2.05) is 19.1 Å². The predicted octanol–water partition coefficient (Wildman–Crippen LogP) is 2.86. The lowest BCUT2D eigenvalue weighted by Gasteiger charge is -2.24. The minimum atomic E-state index is -0.0238. The first-order valence-electron chi connectivity index (χ1n) is 7.41. The molecule has 1 N–H and O–H groups in total. The van der Waals surface area contributed by atoms with E-state index in [-0.39, 0.29) is 17.2 Å². The van der Waals surface area contributed by atoms with Crippen LogP contribution in [0.5, 0.6) is 0 Å². The number of carbonyl (C=O) groups is 2. The molecular formula is C17H26N2O2. The zero-order valence-electron chi connectivity index (χ0n) is 13.7. The third-order valence-corrected chi connectivity index (χ3v) is 3.40. The van der Waals surface area contributed by atoms with Crippen molar-refractivity contribution in [2.75, 3.05) is 18.0 Å². The fraction of sp³-hybridized carbons (Fsp3) is 0.529. The highest BCUT2D eigenvalue weighted by Gasteiger charge is 2.15. The van der Waals surface area contributed by atoms with Gasteiger partial charge in [-0.2, -0.15) is 0 Å². The number of anilines is 1. The van der Waals surface area contributed by atoms with Gasteiger partial charge < -0.3 is 10.2 Å². The second kappa shape index (κ2) is 7.25. The van der Waals surface area contributed by atoms with Crippen LogP contribution in [-0.4, -0.2) is 24.9 Å². The molecule has 1 rings (SSSR count). The van der Waals surface area contributed by atoms with E-state index in [0.29, 0.717) is 19.5 Å². The zero-order valence-corrected chi connectivity index (χ0v) is 13.7. The molecule has 0 spiro atoms. The van der Waals surface area contributed by atoms with Gasteiger partial charge in [0.1, 0.15) is 0 Å². The Bertz CT molecular complexity index is 487. The van der Waals surface area contributed by atoms with Crippen molar-refractivity contribution in [3.63, 3.8) is 0 Å². The molecule has 1 aromatic rings. The van der Waals surface area contributed by atoms with Crippen molar-refractivity contribution in [2.24, 2.45) is 0 Å². The van der Waals surface area contributed by atoms with Crippen LogP contribution in [-0.2, 0) is 15.0 Å². The number of carbonyl (C=O) groups excluding carboxylic acids is 2. The topological polar surface area (TPSA) is 49.4 Å². The standard InChI is InChI=1S/C17H26N2O2/c1-6-16(21)18-11-12-19(13(2)20)15-9-7-14(8-10-15)17(3,4)5/h7-10H,6,11-12H2,1-5H3,(H,18,21). The third kappa shape index (κ3) is 5.21. The molecule has 0 fully saturated rings. The van der Waals surface area contributed by atoms with E-state index in [9.17, 15) is 9.59 Å². The highest BCUT2D eigenvalue weighted by atomic mass is 16.2. The summed E-state index contributed by atoms with van der Waals surface area (Å²) < 4.78 is 0. The van der Waals surface area contributed by atoms with Gasteiger partial charge in [-0.05, 0) is 23.1 Å². The van der Waals surface area contributed by atoms with Gasteiger partial charge in [0.15, 0.2) is 0 Å². The fourth-order valence-corrected chi connectivity index (χ4v) is 2.04. The van der Waals surface area contributed by atoms with Gasteiger partial charge in [0.05, 0.1) is 0 Å². The van der Waals surface area contributed by atoms with E-state index in [2.05, 4.69) is 38.2 Å². The van der Waals surface area contributed by atoms with Gasteiger partial charge in [-0.25, -0.2) is 0 Å². The molecule has 0 aliphatic carbocycles. The lowest BCUT2D eigenvalue weighted by atomic mass is 9.87. The molecule has 0 radical (unpaired) electrons. The summed E-state index contributed by atoms with van der Waals surface area (Å²) in [6.07, 6.45) is 0.459. The smallest absolute Gasteiger partial charge is 0.223 e. The molecule has 0 saturated heterocycles. The van der Waals surface area contributed by atoms with Crippen molar-refractivity contribution in [1.82, 2.24) is 5.32 Å². The third-order valence-electron chi connectivity index (χ3n) is 3.40. The minimum Gasteiger partial charge on any atom is -0.354 e. The Morgan fingerprint density at radius 3 is 2.14 bits per heavy atom. The molecule has 0 aliphatic heterocycles. The normalized spacial score (nSPS) is 11.1. The number of hydrogen-bond acceptors (Lipinski definition) is 2. The number of rotatable bonds is 5. The van der Waals surface area contributed by atoms with Crippen LogP contribution in [0.4, 0.5) is 5.69 Å². The Morgan fingerprint density at radius 1 is 1.14 bits per heavy atom. The van der Waals surface area contributed by atoms with Crippen molar-refractivity contribution >= 4 is 17.5 Å². The second-order valence-electron chi connectivity index (χ2n) is 6.17. The van der Waals surface area contributed by atoms with E-state index in [1.165, 1.54) is 5.56 Å². The van der Waals surface area contributed by atoms with Gasteiger partial charge in [0.2, 0.25) is 11.8 Å². The highest BCUT2D eigenvalue weighted by Crippen LogP contribution is 2.24. The van der Waals surface area contributed by atoms with Crippen molar-refractivity contribution < 1.29 is 9.59 Å². The maximum atomic E-state index is 11.8. The monoisotopic (exact) mass is 290 g/mol. The van der Waals surface area contributed by atoms with Crippen LogP contribution in [0.1, 0.15) is 46.6 Å². The summed E-state index contributed by atoms with van der Waals surface area (Å²) >= 11 is 0. The van der Waals surface area contributed by atoms with Crippen LogP contribution in [0.25, 0.3) is 0 Å². The summed E-state index contributed by atoms with van der Waals surface area (Å²) in [5.74, 6) is -0.0224. The first kappa shape index (κ1) is 17.2. The van der Waals surface area contributed by atoms with Crippen LogP contribution in [0, 0.1) is 0 Å². The molecule has 21 heavy (non-hydrogen) atoms. The van der Waals surface area contributed by atoms with Crippen LogP contribution in [0.2, 0.25) is 0 Å². The van der Waals surface area contributed by atoms with E-state index >= 15 is 0 Å². The molecule has 0 heterocycles. The molecule has 0 atom stereocenters. The van der Waals surface area contributed by atoms with Crippen LogP contribution in [0.3, 0.4) is 0 Å². The van der Waals surface area contributed by atoms with Gasteiger partial charge in [0, 0.05) is 32.1 Å². The molecule has 0 saturated carbocycles. The van der Waals surface area contributed by atoms with Gasteiger partial charge in [0.25, 0.3) is 0 Å². The summed E-state index contributed by atoms with van der Waals surface area (Å²) in [6.45, 7) is 10.8. The molecule has 0 aliphatic rings. The molecule has 2 amide bonds. The van der Waals surface area contributed by atoms with Crippen molar-refractivity contribution in [1.29, 1.82) is 0 Å². The quantitative estimate of drug-likeness (QED) is 0.906. The van der Waals surface area contributed by atoms with Gasteiger partial charge in [-0.15, -0.1) is 0 Å². The maximum absolute atomic E-state index is 11.8. The highest BCUT2D eigenvalue weighted by molar-refractivity contribution is 5.91. The zero-order chi connectivity index (χ0) is 16.0. The lowest BCUT2D eigenvalue weighted by Crippen LogP contribution is -2.37. The molecule has 0 unspecified atom stereocenters. The van der Waals surface area contributed by atoms with Gasteiger partial charge in [-0.3, -0.25) is 9.59 Å². The molecular weight excluding hydrogens is 264 g/mol. The molecule has 116 valence electrons. The molecule has 0 bridgehead atoms. The summed E-state index contributed by atoms with van der Waals surface area (Å²) in [5.41, 5.74) is 2.18. The Balaban J connectivity index is 2.77. The number of nitrogens with one attached hydrogen (secondary N) is 1. The van der Waals surface area contributed by atoms with E-state index in [1.54, 1.807) is 11.8 Å². The van der Waals surface area contributed by atoms with Gasteiger partial charge >= 0.3 is 0 Å². The van der Waals surface area contributed by atoms with Crippen molar-refractivity contribution in [3.8, 4) is 0 Å². The predicted molar refractivity (Wildman–Crippen MR) is 86.5 cm³/mol. The molecule has 4 nitrogen and oxygen atoms in total. The summed E-state index contributed by atoms with van der Waals surface area (Å²) in [7, 11) is 0. The number of hydrogen-bond donors (Lipinski definition) is 1. The van der Waals surface area contributed by atoms with Crippen molar-refractivity contribution in [3.05, 3.63) is 29.8 Å². The average Bonchev–Trinajstić information content (AvgIpc) is 2.42. The Morgan fingerprint density at radius 2 is 1.71 bits per heavy atom. The molecule has 0 aromatic heterocycles. The first-order valence-corrected chi connectivity index (χ1v) is 7.41. The van der Waals surface area contributed by atoms with E-state index < -0.39 is 0 Å².